The lowest BCUT2D eigenvalue weighted by Crippen LogP contribution is -2.21. The van der Waals surface area contributed by atoms with E-state index >= 15 is 0 Å². The molecule has 30 heavy (non-hydrogen) atoms. The van der Waals surface area contributed by atoms with Gasteiger partial charge in [-0.25, -0.2) is 0 Å². The number of hydrogen-bond donors (Lipinski definition) is 2. The van der Waals surface area contributed by atoms with Gasteiger partial charge < -0.3 is 20.4 Å². The fourth-order valence-electron chi connectivity index (χ4n) is 3.75. The van der Waals surface area contributed by atoms with Gasteiger partial charge in [-0.1, -0.05) is 54.6 Å². The molecule has 0 bridgehead atoms. The molecule has 5 nitrogen and oxygen atoms in total. The average Bonchev–Trinajstić information content (AvgIpc) is 3.17. The number of benzene rings is 3. The number of anilines is 1. The van der Waals surface area contributed by atoms with Crippen molar-refractivity contribution in [1.82, 2.24) is 4.57 Å². The molecule has 3 N–H and O–H groups in total. The molecular weight excluding hydrogens is 374 g/mol. The van der Waals surface area contributed by atoms with E-state index in [0.717, 1.165) is 27.9 Å². The van der Waals surface area contributed by atoms with Crippen molar-refractivity contribution in [2.24, 2.45) is 5.73 Å². The molecule has 4 aromatic rings. The highest BCUT2D eigenvalue weighted by molar-refractivity contribution is 6.11. The smallest absolute Gasteiger partial charge is 0.191 e. The normalized spacial score (nSPS) is 11.9. The number of rotatable bonds is 8. The average molecular weight is 399 g/mol. The third kappa shape index (κ3) is 3.93. The molecule has 0 spiro atoms. The van der Waals surface area contributed by atoms with Gasteiger partial charge in [0.15, 0.2) is 5.78 Å². The quantitative estimate of drug-likeness (QED) is 0.423. The first-order valence-corrected chi connectivity index (χ1v) is 9.99. The van der Waals surface area contributed by atoms with Crippen molar-refractivity contribution < 1.29 is 9.53 Å². The van der Waals surface area contributed by atoms with E-state index in [2.05, 4.69) is 9.88 Å². The van der Waals surface area contributed by atoms with Gasteiger partial charge in [-0.05, 0) is 23.8 Å². The highest BCUT2D eigenvalue weighted by Crippen LogP contribution is 2.30. The van der Waals surface area contributed by atoms with Crippen molar-refractivity contribution in [3.63, 3.8) is 0 Å². The molecular formula is C25H25N3O2. The SMILES string of the molecule is COc1cccc(NC(C(=O)c2cn(CCN)c3ccccc23)c2ccccc2)c1. The minimum atomic E-state index is -0.532. The second-order valence-electron chi connectivity index (χ2n) is 7.13. The van der Waals surface area contributed by atoms with Crippen molar-refractivity contribution >= 4 is 22.4 Å². The van der Waals surface area contributed by atoms with Crippen LogP contribution in [-0.2, 0) is 6.54 Å². The minimum Gasteiger partial charge on any atom is -0.497 e. The minimum absolute atomic E-state index is 0.0102. The summed E-state index contributed by atoms with van der Waals surface area (Å²) in [6.45, 7) is 1.17. The molecule has 1 unspecified atom stereocenters. The van der Waals surface area contributed by atoms with Crippen LogP contribution in [0.2, 0.25) is 0 Å². The Morgan fingerprint density at radius 1 is 1.03 bits per heavy atom. The van der Waals surface area contributed by atoms with Crippen LogP contribution in [0, 0.1) is 0 Å². The fourth-order valence-corrected chi connectivity index (χ4v) is 3.75. The molecule has 1 heterocycles. The number of Topliss-reactive ketones (excluding diaryl/α,β-unsaturated/α-hetero) is 1. The van der Waals surface area contributed by atoms with E-state index in [9.17, 15) is 4.79 Å². The summed E-state index contributed by atoms with van der Waals surface area (Å²) >= 11 is 0. The predicted molar refractivity (Wildman–Crippen MR) is 121 cm³/mol. The van der Waals surface area contributed by atoms with Gasteiger partial charge in [-0.2, -0.15) is 0 Å². The molecule has 152 valence electrons. The highest BCUT2D eigenvalue weighted by atomic mass is 16.5. The van der Waals surface area contributed by atoms with Crippen LogP contribution in [0.3, 0.4) is 0 Å². The Kier molecular flexibility index (Phi) is 5.82. The number of carbonyl (C=O) groups is 1. The van der Waals surface area contributed by atoms with Crippen LogP contribution in [0.1, 0.15) is 22.0 Å². The van der Waals surface area contributed by atoms with Crippen LogP contribution in [0.25, 0.3) is 10.9 Å². The van der Waals surface area contributed by atoms with Gasteiger partial charge in [0.25, 0.3) is 0 Å². The molecule has 1 aromatic heterocycles. The van der Waals surface area contributed by atoms with Crippen LogP contribution in [0.4, 0.5) is 5.69 Å². The molecule has 0 aliphatic rings. The number of fused-ring (bicyclic) bond motifs is 1. The fraction of sp³-hybridized carbons (Fsp3) is 0.160. The number of aromatic nitrogens is 1. The lowest BCUT2D eigenvalue weighted by atomic mass is 9.96. The summed E-state index contributed by atoms with van der Waals surface area (Å²) in [6, 6.07) is 24.8. The second kappa shape index (κ2) is 8.84. The summed E-state index contributed by atoms with van der Waals surface area (Å²) in [6.07, 6.45) is 1.92. The molecule has 0 amide bonds. The van der Waals surface area contributed by atoms with Gasteiger partial charge in [0.2, 0.25) is 0 Å². The van der Waals surface area contributed by atoms with E-state index in [-0.39, 0.29) is 5.78 Å². The zero-order valence-corrected chi connectivity index (χ0v) is 16.9. The van der Waals surface area contributed by atoms with E-state index in [1.165, 1.54) is 0 Å². The maximum Gasteiger partial charge on any atom is 0.191 e. The summed E-state index contributed by atoms with van der Waals surface area (Å²) in [5.74, 6) is 0.745. The number of ketones is 1. The van der Waals surface area contributed by atoms with E-state index in [1.807, 2.05) is 85.1 Å². The molecule has 1 atom stereocenters. The topological polar surface area (TPSA) is 69.3 Å². The van der Waals surface area contributed by atoms with Gasteiger partial charge in [0, 0.05) is 47.5 Å². The van der Waals surface area contributed by atoms with Gasteiger partial charge in [-0.15, -0.1) is 0 Å². The zero-order valence-electron chi connectivity index (χ0n) is 16.9. The van der Waals surface area contributed by atoms with Crippen LogP contribution in [-0.4, -0.2) is 24.0 Å². The Morgan fingerprint density at radius 3 is 2.57 bits per heavy atom. The number of methoxy groups -OCH3 is 1. The summed E-state index contributed by atoms with van der Waals surface area (Å²) in [7, 11) is 1.63. The largest absolute Gasteiger partial charge is 0.497 e. The molecule has 0 saturated heterocycles. The van der Waals surface area contributed by atoms with Crippen molar-refractivity contribution in [2.75, 3.05) is 19.0 Å². The molecule has 3 aromatic carbocycles. The van der Waals surface area contributed by atoms with Crippen molar-refractivity contribution in [3.05, 3.63) is 96.2 Å². The van der Waals surface area contributed by atoms with Crippen LogP contribution < -0.4 is 15.8 Å². The summed E-state index contributed by atoms with van der Waals surface area (Å²) < 4.78 is 7.39. The van der Waals surface area contributed by atoms with Gasteiger partial charge in [-0.3, -0.25) is 4.79 Å². The Balaban J connectivity index is 1.78. The number of carbonyl (C=O) groups excluding carboxylic acids is 1. The molecule has 0 saturated carbocycles. The number of nitrogens with zero attached hydrogens (tertiary/aromatic N) is 1. The number of ether oxygens (including phenoxy) is 1. The second-order valence-corrected chi connectivity index (χ2v) is 7.13. The van der Waals surface area contributed by atoms with E-state index < -0.39 is 6.04 Å². The van der Waals surface area contributed by atoms with Crippen molar-refractivity contribution in [2.45, 2.75) is 12.6 Å². The molecule has 0 aliphatic carbocycles. The molecule has 0 aliphatic heterocycles. The summed E-state index contributed by atoms with van der Waals surface area (Å²) in [4.78, 5) is 13.8. The predicted octanol–water partition coefficient (Wildman–Crippen LogP) is 4.64. The highest BCUT2D eigenvalue weighted by Gasteiger charge is 2.25. The van der Waals surface area contributed by atoms with Crippen LogP contribution >= 0.6 is 0 Å². The standard InChI is InChI=1S/C25H25N3O2/c1-30-20-11-7-10-19(16-20)27-24(18-8-3-2-4-9-18)25(29)22-17-28(15-14-26)23-13-6-5-12-21(22)23/h2-13,16-17,24,27H,14-15,26H2,1H3. The maximum absolute atomic E-state index is 13.8. The Hall–Kier alpha value is -3.57. The van der Waals surface area contributed by atoms with E-state index in [1.54, 1.807) is 7.11 Å². The summed E-state index contributed by atoms with van der Waals surface area (Å²) in [5, 5.41) is 4.35. The zero-order chi connectivity index (χ0) is 20.9. The molecule has 4 rings (SSSR count). The Bertz CT molecular complexity index is 1150. The number of hydrogen-bond acceptors (Lipinski definition) is 4. The van der Waals surface area contributed by atoms with E-state index in [4.69, 9.17) is 10.5 Å². The monoisotopic (exact) mass is 399 g/mol. The van der Waals surface area contributed by atoms with Crippen molar-refractivity contribution in [3.8, 4) is 5.75 Å². The van der Waals surface area contributed by atoms with Crippen molar-refractivity contribution in [1.29, 1.82) is 0 Å². The first kappa shape index (κ1) is 19.7. The van der Waals surface area contributed by atoms with Gasteiger partial charge in [0.05, 0.1) is 7.11 Å². The molecule has 0 radical (unpaired) electrons. The van der Waals surface area contributed by atoms with Gasteiger partial charge in [0.1, 0.15) is 11.8 Å². The van der Waals surface area contributed by atoms with Crippen LogP contribution in [0.15, 0.2) is 85.1 Å². The third-order valence-corrected chi connectivity index (χ3v) is 5.20. The number of para-hydroxylation sites is 1. The molecule has 0 fully saturated rings. The lowest BCUT2D eigenvalue weighted by molar-refractivity contribution is 0.0971. The maximum atomic E-state index is 13.8. The first-order chi connectivity index (χ1) is 14.7. The van der Waals surface area contributed by atoms with Crippen LogP contribution in [0.5, 0.6) is 5.75 Å². The number of nitrogens with one attached hydrogen (secondary N) is 1. The Labute approximate surface area is 176 Å². The third-order valence-electron chi connectivity index (χ3n) is 5.20. The molecule has 5 heteroatoms. The lowest BCUT2D eigenvalue weighted by Gasteiger charge is -2.19. The Morgan fingerprint density at radius 2 is 1.80 bits per heavy atom. The van der Waals surface area contributed by atoms with Gasteiger partial charge >= 0.3 is 0 Å². The van der Waals surface area contributed by atoms with E-state index in [0.29, 0.717) is 18.7 Å². The first-order valence-electron chi connectivity index (χ1n) is 9.99. The number of nitrogens with two attached hydrogens (primary N) is 1. The summed E-state index contributed by atoms with van der Waals surface area (Å²) in [5.41, 5.74) is 9.21.